The molecule has 1 heterocycles. The van der Waals surface area contributed by atoms with Crippen LogP contribution in [0.4, 0.5) is 5.69 Å². The van der Waals surface area contributed by atoms with E-state index in [1.165, 1.54) is 5.56 Å². The van der Waals surface area contributed by atoms with Crippen LogP contribution >= 0.6 is 23.2 Å². The van der Waals surface area contributed by atoms with Gasteiger partial charge in [-0.25, -0.2) is 0 Å². The molecule has 0 bridgehead atoms. The zero-order chi connectivity index (χ0) is 9.42. The molecule has 1 aromatic carbocycles. The Bertz CT molecular complexity index is 336. The lowest BCUT2D eigenvalue weighted by atomic mass is 9.99. The number of benzene rings is 1. The maximum Gasteiger partial charge on any atom is 0.0655 e. The molecule has 0 amide bonds. The Kier molecular flexibility index (Phi) is 2.39. The lowest BCUT2D eigenvalue weighted by Gasteiger charge is -2.25. The minimum absolute atomic E-state index is 0.506. The summed E-state index contributed by atoms with van der Waals surface area (Å²) < 4.78 is 0. The fourth-order valence-corrected chi connectivity index (χ4v) is 2.27. The van der Waals surface area contributed by atoms with Crippen LogP contribution < -0.4 is 5.32 Å². The third kappa shape index (κ3) is 1.77. The topological polar surface area (TPSA) is 12.0 Å². The average Bonchev–Trinajstić information content (AvgIpc) is 2.06. The van der Waals surface area contributed by atoms with E-state index in [9.17, 15) is 0 Å². The quantitative estimate of drug-likeness (QED) is 0.696. The van der Waals surface area contributed by atoms with Crippen LogP contribution in [0.15, 0.2) is 12.1 Å². The Hall–Kier alpha value is -0.400. The highest BCUT2D eigenvalue weighted by Crippen LogP contribution is 2.34. The molecule has 13 heavy (non-hydrogen) atoms. The lowest BCUT2D eigenvalue weighted by molar-refractivity contribution is 0.681. The SMILES string of the molecule is CC1CCc2cc(Cl)cc(Cl)c2N1. The van der Waals surface area contributed by atoms with Crippen molar-refractivity contribution in [3.63, 3.8) is 0 Å². The fraction of sp³-hybridized carbons (Fsp3) is 0.400. The first-order valence-corrected chi connectivity index (χ1v) is 5.17. The summed E-state index contributed by atoms with van der Waals surface area (Å²) in [6.07, 6.45) is 2.20. The number of hydrogen-bond acceptors (Lipinski definition) is 1. The van der Waals surface area contributed by atoms with Gasteiger partial charge in [0.25, 0.3) is 0 Å². The zero-order valence-electron chi connectivity index (χ0n) is 7.40. The largest absolute Gasteiger partial charge is 0.381 e. The van der Waals surface area contributed by atoms with E-state index in [0.717, 1.165) is 28.6 Å². The Morgan fingerprint density at radius 3 is 2.92 bits per heavy atom. The fourth-order valence-electron chi connectivity index (χ4n) is 1.68. The molecule has 0 aromatic heterocycles. The predicted octanol–water partition coefficient (Wildman–Crippen LogP) is 3.74. The van der Waals surface area contributed by atoms with Crippen molar-refractivity contribution in [2.75, 3.05) is 5.32 Å². The molecule has 1 aliphatic rings. The van der Waals surface area contributed by atoms with Crippen LogP contribution in [-0.4, -0.2) is 6.04 Å². The van der Waals surface area contributed by atoms with E-state index in [-0.39, 0.29) is 0 Å². The number of anilines is 1. The highest BCUT2D eigenvalue weighted by Gasteiger charge is 2.16. The van der Waals surface area contributed by atoms with Gasteiger partial charge in [-0.1, -0.05) is 23.2 Å². The van der Waals surface area contributed by atoms with Crippen molar-refractivity contribution in [3.8, 4) is 0 Å². The van der Waals surface area contributed by atoms with E-state index in [1.807, 2.05) is 6.07 Å². The van der Waals surface area contributed by atoms with Crippen molar-refractivity contribution in [1.29, 1.82) is 0 Å². The first-order valence-electron chi connectivity index (χ1n) is 4.41. The monoisotopic (exact) mass is 215 g/mol. The van der Waals surface area contributed by atoms with Crippen molar-refractivity contribution in [2.24, 2.45) is 0 Å². The highest BCUT2D eigenvalue weighted by atomic mass is 35.5. The molecule has 1 nitrogen and oxygen atoms in total. The third-order valence-electron chi connectivity index (χ3n) is 2.37. The van der Waals surface area contributed by atoms with Gasteiger partial charge in [0.05, 0.1) is 10.7 Å². The van der Waals surface area contributed by atoms with Crippen LogP contribution in [0.2, 0.25) is 10.0 Å². The van der Waals surface area contributed by atoms with Crippen molar-refractivity contribution in [3.05, 3.63) is 27.7 Å². The van der Waals surface area contributed by atoms with Gasteiger partial charge in [-0.05, 0) is 37.5 Å². The smallest absolute Gasteiger partial charge is 0.0655 e. The number of nitrogens with one attached hydrogen (secondary N) is 1. The van der Waals surface area contributed by atoms with E-state index in [0.29, 0.717) is 6.04 Å². The van der Waals surface area contributed by atoms with E-state index in [4.69, 9.17) is 23.2 Å². The van der Waals surface area contributed by atoms with Gasteiger partial charge < -0.3 is 5.32 Å². The van der Waals surface area contributed by atoms with Crippen LogP contribution in [0.25, 0.3) is 0 Å². The first kappa shape index (κ1) is 9.17. The molecule has 2 rings (SSSR count). The molecule has 0 saturated heterocycles. The van der Waals surface area contributed by atoms with Gasteiger partial charge in [0.1, 0.15) is 0 Å². The summed E-state index contributed by atoms with van der Waals surface area (Å²) in [5.74, 6) is 0. The number of rotatable bonds is 0. The molecule has 0 aliphatic carbocycles. The van der Waals surface area contributed by atoms with Gasteiger partial charge >= 0.3 is 0 Å². The molecule has 0 spiro atoms. The van der Waals surface area contributed by atoms with Crippen molar-refractivity contribution in [1.82, 2.24) is 0 Å². The number of halogens is 2. The molecule has 1 unspecified atom stereocenters. The van der Waals surface area contributed by atoms with Gasteiger partial charge in [0.15, 0.2) is 0 Å². The molecular formula is C10H11Cl2N. The Balaban J connectivity index is 2.47. The molecule has 3 heteroatoms. The summed E-state index contributed by atoms with van der Waals surface area (Å²) in [7, 11) is 0. The van der Waals surface area contributed by atoms with Crippen LogP contribution in [0.3, 0.4) is 0 Å². The lowest BCUT2D eigenvalue weighted by Crippen LogP contribution is -2.22. The Morgan fingerprint density at radius 1 is 1.38 bits per heavy atom. The highest BCUT2D eigenvalue weighted by molar-refractivity contribution is 6.36. The Morgan fingerprint density at radius 2 is 2.15 bits per heavy atom. The molecule has 0 saturated carbocycles. The standard InChI is InChI=1S/C10H11Cl2N/c1-6-2-3-7-4-8(11)5-9(12)10(7)13-6/h4-6,13H,2-3H2,1H3. The summed E-state index contributed by atoms with van der Waals surface area (Å²) in [6, 6.07) is 4.28. The van der Waals surface area contributed by atoms with E-state index < -0.39 is 0 Å². The molecular weight excluding hydrogens is 205 g/mol. The minimum atomic E-state index is 0.506. The third-order valence-corrected chi connectivity index (χ3v) is 2.89. The second-order valence-electron chi connectivity index (χ2n) is 3.51. The van der Waals surface area contributed by atoms with Crippen LogP contribution in [0.1, 0.15) is 18.9 Å². The van der Waals surface area contributed by atoms with Crippen LogP contribution in [0, 0.1) is 0 Å². The van der Waals surface area contributed by atoms with Gasteiger partial charge in [0, 0.05) is 11.1 Å². The van der Waals surface area contributed by atoms with Gasteiger partial charge in [-0.15, -0.1) is 0 Å². The second-order valence-corrected chi connectivity index (χ2v) is 4.35. The Labute approximate surface area is 88.0 Å². The maximum atomic E-state index is 6.07. The molecule has 1 atom stereocenters. The van der Waals surface area contributed by atoms with Crippen molar-refractivity contribution < 1.29 is 0 Å². The molecule has 0 radical (unpaired) electrons. The number of aryl methyl sites for hydroxylation is 1. The average molecular weight is 216 g/mol. The summed E-state index contributed by atoms with van der Waals surface area (Å²) in [4.78, 5) is 0. The first-order chi connectivity index (χ1) is 6.16. The molecule has 0 fully saturated rings. The predicted molar refractivity (Wildman–Crippen MR) is 57.9 cm³/mol. The molecule has 1 aliphatic heterocycles. The molecule has 1 aromatic rings. The summed E-state index contributed by atoms with van der Waals surface area (Å²) in [6.45, 7) is 2.16. The summed E-state index contributed by atoms with van der Waals surface area (Å²) >= 11 is 12.0. The maximum absolute atomic E-state index is 6.07. The summed E-state index contributed by atoms with van der Waals surface area (Å²) in [5, 5.41) is 4.82. The normalized spacial score (nSPS) is 20.7. The summed E-state index contributed by atoms with van der Waals surface area (Å²) in [5.41, 5.74) is 2.29. The number of hydrogen-bond donors (Lipinski definition) is 1. The second kappa shape index (κ2) is 3.39. The minimum Gasteiger partial charge on any atom is -0.381 e. The number of fused-ring (bicyclic) bond motifs is 1. The van der Waals surface area contributed by atoms with Crippen LogP contribution in [-0.2, 0) is 6.42 Å². The van der Waals surface area contributed by atoms with Gasteiger partial charge in [-0.3, -0.25) is 0 Å². The van der Waals surface area contributed by atoms with Crippen molar-refractivity contribution in [2.45, 2.75) is 25.8 Å². The van der Waals surface area contributed by atoms with E-state index in [2.05, 4.69) is 12.2 Å². The zero-order valence-corrected chi connectivity index (χ0v) is 8.91. The molecule has 70 valence electrons. The van der Waals surface area contributed by atoms with Crippen molar-refractivity contribution >= 4 is 28.9 Å². The van der Waals surface area contributed by atoms with Gasteiger partial charge in [-0.2, -0.15) is 0 Å². The molecule has 1 N–H and O–H groups in total. The van der Waals surface area contributed by atoms with Crippen LogP contribution in [0.5, 0.6) is 0 Å². The van der Waals surface area contributed by atoms with E-state index >= 15 is 0 Å². The van der Waals surface area contributed by atoms with Gasteiger partial charge in [0.2, 0.25) is 0 Å². The van der Waals surface area contributed by atoms with E-state index in [1.54, 1.807) is 6.07 Å².